The van der Waals surface area contributed by atoms with Crippen LogP contribution in [0, 0.1) is 0 Å². The minimum absolute atomic E-state index is 0.00156. The number of hydrogen-bond acceptors (Lipinski definition) is 5. The van der Waals surface area contributed by atoms with Crippen LogP contribution in [0.25, 0.3) is 10.2 Å². The van der Waals surface area contributed by atoms with Crippen LogP contribution in [0.15, 0.2) is 45.2 Å². The van der Waals surface area contributed by atoms with Crippen molar-refractivity contribution in [2.45, 2.75) is 41.1 Å². The molecule has 4 rings (SSSR count). The van der Waals surface area contributed by atoms with Crippen molar-refractivity contribution in [3.8, 4) is 0 Å². The molecule has 2 heterocycles. The molecule has 2 aromatic heterocycles. The summed E-state index contributed by atoms with van der Waals surface area (Å²) in [5.74, 6) is 1.55. The average molecular weight is 423 g/mol. The van der Waals surface area contributed by atoms with Crippen molar-refractivity contribution in [3.63, 3.8) is 0 Å². The Balaban J connectivity index is 1.42. The molecule has 0 spiro atoms. The summed E-state index contributed by atoms with van der Waals surface area (Å²) in [6.45, 7) is 0. The van der Waals surface area contributed by atoms with Gasteiger partial charge in [-0.2, -0.15) is 0 Å². The first-order valence-corrected chi connectivity index (χ1v) is 11.9. The lowest BCUT2D eigenvalue weighted by molar-refractivity contribution is 0.700. The molecule has 7 heteroatoms. The SMILES string of the molecule is O=c1[nH]c(SCC(Cl)CSc2ccccc2)nc2sc3c(c12)CCCC3. The van der Waals surface area contributed by atoms with Crippen LogP contribution in [-0.2, 0) is 12.8 Å². The summed E-state index contributed by atoms with van der Waals surface area (Å²) in [4.78, 5) is 23.6. The number of aryl methyl sites for hydroxylation is 2. The second-order valence-electron chi connectivity index (χ2n) is 6.29. The van der Waals surface area contributed by atoms with Crippen molar-refractivity contribution in [1.82, 2.24) is 9.97 Å². The van der Waals surface area contributed by atoms with Crippen LogP contribution in [-0.4, -0.2) is 26.9 Å². The topological polar surface area (TPSA) is 45.8 Å². The van der Waals surface area contributed by atoms with E-state index in [2.05, 4.69) is 17.1 Å². The highest BCUT2D eigenvalue weighted by atomic mass is 35.5. The Kier molecular flexibility index (Phi) is 5.93. The number of nitrogens with zero attached hydrogens (tertiary/aromatic N) is 1. The van der Waals surface area contributed by atoms with Crippen LogP contribution in [0.4, 0.5) is 0 Å². The molecule has 0 saturated carbocycles. The van der Waals surface area contributed by atoms with Gasteiger partial charge in [-0.3, -0.25) is 4.79 Å². The molecule has 0 bridgehead atoms. The third-order valence-electron chi connectivity index (χ3n) is 4.38. The average Bonchev–Trinajstić information content (AvgIpc) is 3.04. The van der Waals surface area contributed by atoms with Gasteiger partial charge in [-0.25, -0.2) is 4.98 Å². The van der Waals surface area contributed by atoms with Gasteiger partial charge in [0.15, 0.2) is 5.16 Å². The number of fused-ring (bicyclic) bond motifs is 3. The van der Waals surface area contributed by atoms with Gasteiger partial charge in [-0.1, -0.05) is 30.0 Å². The summed E-state index contributed by atoms with van der Waals surface area (Å²) < 4.78 is 0. The number of halogens is 1. The minimum atomic E-state index is 0.00156. The Hall–Kier alpha value is -0.950. The van der Waals surface area contributed by atoms with E-state index in [1.54, 1.807) is 23.1 Å². The summed E-state index contributed by atoms with van der Waals surface area (Å²) in [6, 6.07) is 10.3. The Labute approximate surface area is 170 Å². The summed E-state index contributed by atoms with van der Waals surface area (Å²) >= 11 is 11.4. The molecule has 1 unspecified atom stereocenters. The Morgan fingerprint density at radius 2 is 1.92 bits per heavy atom. The molecule has 0 saturated heterocycles. The van der Waals surface area contributed by atoms with Gasteiger partial charge in [0, 0.05) is 21.3 Å². The third-order valence-corrected chi connectivity index (χ3v) is 8.45. The molecular formula is C19H19ClN2OS3. The number of thiophene rings is 1. The molecule has 1 atom stereocenters. The number of hydrogen-bond donors (Lipinski definition) is 1. The molecule has 1 aromatic carbocycles. The Morgan fingerprint density at radius 3 is 2.77 bits per heavy atom. The Bertz CT molecular complexity index is 955. The van der Waals surface area contributed by atoms with Crippen molar-refractivity contribution in [3.05, 3.63) is 51.1 Å². The Morgan fingerprint density at radius 1 is 1.15 bits per heavy atom. The molecule has 1 aliphatic carbocycles. The smallest absolute Gasteiger partial charge is 0.260 e. The first-order chi connectivity index (χ1) is 12.7. The van der Waals surface area contributed by atoms with Crippen molar-refractivity contribution >= 4 is 56.7 Å². The highest BCUT2D eigenvalue weighted by molar-refractivity contribution is 8.00. The van der Waals surface area contributed by atoms with Crippen molar-refractivity contribution < 1.29 is 0 Å². The summed E-state index contributed by atoms with van der Waals surface area (Å²) in [6.07, 6.45) is 4.47. The summed E-state index contributed by atoms with van der Waals surface area (Å²) in [5.41, 5.74) is 1.23. The first-order valence-electron chi connectivity index (χ1n) is 8.70. The van der Waals surface area contributed by atoms with E-state index in [0.29, 0.717) is 5.16 Å². The molecule has 0 radical (unpaired) electrons. The van der Waals surface area contributed by atoms with Crippen LogP contribution in [0.2, 0.25) is 0 Å². The van der Waals surface area contributed by atoms with Gasteiger partial charge in [0.05, 0.1) is 10.8 Å². The maximum atomic E-state index is 12.5. The summed E-state index contributed by atoms with van der Waals surface area (Å²) in [7, 11) is 0. The van der Waals surface area contributed by atoms with Crippen LogP contribution in [0.3, 0.4) is 0 Å². The normalized spacial score (nSPS) is 15.1. The number of benzene rings is 1. The van der Waals surface area contributed by atoms with E-state index in [1.165, 1.54) is 39.9 Å². The molecule has 0 aliphatic heterocycles. The third kappa shape index (κ3) is 4.14. The predicted octanol–water partition coefficient (Wildman–Crippen LogP) is 5.36. The monoisotopic (exact) mass is 422 g/mol. The number of aromatic amines is 1. The maximum Gasteiger partial charge on any atom is 0.260 e. The van der Waals surface area contributed by atoms with Gasteiger partial charge in [0.1, 0.15) is 4.83 Å². The number of aromatic nitrogens is 2. The van der Waals surface area contributed by atoms with Gasteiger partial charge in [-0.15, -0.1) is 34.7 Å². The lowest BCUT2D eigenvalue weighted by Gasteiger charge is -2.10. The zero-order chi connectivity index (χ0) is 17.9. The van der Waals surface area contributed by atoms with E-state index in [1.807, 2.05) is 18.2 Å². The molecule has 1 N–H and O–H groups in total. The number of thioether (sulfide) groups is 2. The van der Waals surface area contributed by atoms with Crippen LogP contribution < -0.4 is 5.56 Å². The van der Waals surface area contributed by atoms with Gasteiger partial charge in [0.25, 0.3) is 5.56 Å². The van der Waals surface area contributed by atoms with Crippen molar-refractivity contribution in [1.29, 1.82) is 0 Å². The molecule has 0 amide bonds. The van der Waals surface area contributed by atoms with E-state index in [9.17, 15) is 4.79 Å². The van der Waals surface area contributed by atoms with Gasteiger partial charge >= 0.3 is 0 Å². The van der Waals surface area contributed by atoms with Gasteiger partial charge in [-0.05, 0) is 43.4 Å². The fourth-order valence-electron chi connectivity index (χ4n) is 3.13. The molecule has 1 aliphatic rings. The first kappa shape index (κ1) is 18.4. The lowest BCUT2D eigenvalue weighted by Crippen LogP contribution is -2.12. The predicted molar refractivity (Wildman–Crippen MR) is 114 cm³/mol. The number of nitrogens with one attached hydrogen (secondary N) is 1. The largest absolute Gasteiger partial charge is 0.301 e. The van der Waals surface area contributed by atoms with Crippen molar-refractivity contribution in [2.75, 3.05) is 11.5 Å². The second-order valence-corrected chi connectivity index (χ2v) is 10.1. The number of rotatable bonds is 6. The fourth-order valence-corrected chi connectivity index (χ4v) is 6.60. The minimum Gasteiger partial charge on any atom is -0.301 e. The molecular weight excluding hydrogens is 404 g/mol. The second kappa shape index (κ2) is 8.38. The van der Waals surface area contributed by atoms with Crippen LogP contribution >= 0.6 is 46.5 Å². The van der Waals surface area contributed by atoms with E-state index >= 15 is 0 Å². The lowest BCUT2D eigenvalue weighted by atomic mass is 9.97. The zero-order valence-electron chi connectivity index (χ0n) is 14.2. The number of alkyl halides is 1. The summed E-state index contributed by atoms with van der Waals surface area (Å²) in [5, 5.41) is 1.51. The molecule has 3 aromatic rings. The van der Waals surface area contributed by atoms with Crippen LogP contribution in [0.1, 0.15) is 23.3 Å². The maximum absolute atomic E-state index is 12.5. The van der Waals surface area contributed by atoms with E-state index < -0.39 is 0 Å². The quantitative estimate of drug-likeness (QED) is 0.330. The van der Waals surface area contributed by atoms with E-state index in [-0.39, 0.29) is 10.9 Å². The molecule has 136 valence electrons. The highest BCUT2D eigenvalue weighted by Gasteiger charge is 2.20. The number of H-pyrrole nitrogens is 1. The van der Waals surface area contributed by atoms with E-state index in [0.717, 1.165) is 34.6 Å². The van der Waals surface area contributed by atoms with Gasteiger partial charge < -0.3 is 4.98 Å². The van der Waals surface area contributed by atoms with Crippen LogP contribution in [0.5, 0.6) is 0 Å². The zero-order valence-corrected chi connectivity index (χ0v) is 17.4. The highest BCUT2D eigenvalue weighted by Crippen LogP contribution is 2.34. The van der Waals surface area contributed by atoms with E-state index in [4.69, 9.17) is 16.6 Å². The molecule has 0 fully saturated rings. The molecule has 26 heavy (non-hydrogen) atoms. The van der Waals surface area contributed by atoms with Crippen molar-refractivity contribution in [2.24, 2.45) is 0 Å². The molecule has 3 nitrogen and oxygen atoms in total. The standard InChI is InChI=1S/C19H19ClN2OS3/c20-12(10-24-13-6-2-1-3-7-13)11-25-19-21-17(23)16-14-8-4-5-9-15(14)26-18(16)22-19/h1-3,6-7,12H,4-5,8-11H2,(H,21,22,23). The fraction of sp³-hybridized carbons (Fsp3) is 0.368. The van der Waals surface area contributed by atoms with Gasteiger partial charge in [0.2, 0.25) is 0 Å².